The highest BCUT2D eigenvalue weighted by Gasteiger charge is 2.31. The first-order chi connectivity index (χ1) is 10.6. The monoisotopic (exact) mass is 312 g/mol. The number of unbranched alkanes of at least 4 members (excludes halogenated alkanes) is 1. The van der Waals surface area contributed by atoms with E-state index in [-0.39, 0.29) is 23.8 Å². The van der Waals surface area contributed by atoms with Crippen LogP contribution in [0.25, 0.3) is 0 Å². The third-order valence-electron chi connectivity index (χ3n) is 3.79. The number of hydrogen-bond donors (Lipinski definition) is 0. The zero-order valence-corrected chi connectivity index (χ0v) is 13.0. The normalized spacial score (nSPS) is 20.8. The average Bonchev–Trinajstić information content (AvgIpc) is 2.56. The summed E-state index contributed by atoms with van der Waals surface area (Å²) in [6.07, 6.45) is 5.07. The Balaban J connectivity index is 2.10. The zero-order valence-electron chi connectivity index (χ0n) is 13.0. The molecule has 0 aliphatic heterocycles. The smallest absolute Gasteiger partial charge is 0.330 e. The first-order valence-electron chi connectivity index (χ1n) is 7.62. The SMILES string of the molecule is C=CC(=O)OCCCCOC(=O)C1CCC(C(=O)OC)CC1. The molecule has 0 atom stereocenters. The van der Waals surface area contributed by atoms with Gasteiger partial charge < -0.3 is 14.2 Å². The minimum atomic E-state index is -0.445. The Morgan fingerprint density at radius 2 is 1.45 bits per heavy atom. The molecule has 0 unspecified atom stereocenters. The van der Waals surface area contributed by atoms with Gasteiger partial charge in [-0.25, -0.2) is 4.79 Å². The topological polar surface area (TPSA) is 78.9 Å². The Morgan fingerprint density at radius 3 is 1.95 bits per heavy atom. The van der Waals surface area contributed by atoms with Crippen LogP contribution in [0, 0.1) is 11.8 Å². The van der Waals surface area contributed by atoms with E-state index in [1.54, 1.807) is 0 Å². The molecule has 0 aromatic carbocycles. The molecule has 6 nitrogen and oxygen atoms in total. The van der Waals surface area contributed by atoms with Crippen LogP contribution in [-0.2, 0) is 28.6 Å². The minimum Gasteiger partial charge on any atom is -0.469 e. The molecular weight excluding hydrogens is 288 g/mol. The van der Waals surface area contributed by atoms with Crippen LogP contribution >= 0.6 is 0 Å². The molecule has 1 aliphatic rings. The number of carbonyl (C=O) groups is 3. The molecule has 1 aliphatic carbocycles. The second-order valence-electron chi connectivity index (χ2n) is 5.32. The number of methoxy groups -OCH3 is 1. The lowest BCUT2D eigenvalue weighted by atomic mass is 9.82. The summed E-state index contributed by atoms with van der Waals surface area (Å²) < 4.78 is 14.8. The maximum absolute atomic E-state index is 11.9. The Hall–Kier alpha value is -1.85. The van der Waals surface area contributed by atoms with Crippen LogP contribution in [0.3, 0.4) is 0 Å². The summed E-state index contributed by atoms with van der Waals surface area (Å²) in [6, 6.07) is 0. The van der Waals surface area contributed by atoms with Gasteiger partial charge in [-0.1, -0.05) is 6.58 Å². The van der Waals surface area contributed by atoms with Crippen molar-refractivity contribution in [3.63, 3.8) is 0 Å². The van der Waals surface area contributed by atoms with Gasteiger partial charge in [-0.05, 0) is 38.5 Å². The predicted octanol–water partition coefficient (Wildman–Crippen LogP) is 2.02. The highest BCUT2D eigenvalue weighted by atomic mass is 16.5. The van der Waals surface area contributed by atoms with Crippen molar-refractivity contribution in [3.05, 3.63) is 12.7 Å². The molecule has 0 amide bonds. The van der Waals surface area contributed by atoms with E-state index in [1.165, 1.54) is 7.11 Å². The quantitative estimate of drug-likeness (QED) is 0.295. The van der Waals surface area contributed by atoms with Gasteiger partial charge >= 0.3 is 17.9 Å². The number of rotatable bonds is 8. The van der Waals surface area contributed by atoms with Crippen LogP contribution in [0.15, 0.2) is 12.7 Å². The lowest BCUT2D eigenvalue weighted by molar-refractivity contribution is -0.154. The van der Waals surface area contributed by atoms with Gasteiger partial charge in [0.25, 0.3) is 0 Å². The van der Waals surface area contributed by atoms with E-state index in [9.17, 15) is 14.4 Å². The maximum atomic E-state index is 11.9. The van der Waals surface area contributed by atoms with E-state index < -0.39 is 5.97 Å². The van der Waals surface area contributed by atoms with E-state index in [0.29, 0.717) is 51.7 Å². The standard InChI is InChI=1S/C16H24O6/c1-3-14(17)21-10-4-5-11-22-16(19)13-8-6-12(7-9-13)15(18)20-2/h3,12-13H,1,4-11H2,2H3. The van der Waals surface area contributed by atoms with E-state index in [1.807, 2.05) is 0 Å². The maximum Gasteiger partial charge on any atom is 0.330 e. The molecule has 0 heterocycles. The van der Waals surface area contributed by atoms with Crippen LogP contribution in [0.5, 0.6) is 0 Å². The molecular formula is C16H24O6. The molecule has 124 valence electrons. The number of carbonyl (C=O) groups excluding carboxylic acids is 3. The predicted molar refractivity (Wildman–Crippen MR) is 78.8 cm³/mol. The van der Waals surface area contributed by atoms with Gasteiger partial charge in [0.1, 0.15) is 0 Å². The molecule has 6 heteroatoms. The van der Waals surface area contributed by atoms with Gasteiger partial charge in [-0.3, -0.25) is 9.59 Å². The van der Waals surface area contributed by atoms with E-state index in [2.05, 4.69) is 6.58 Å². The highest BCUT2D eigenvalue weighted by molar-refractivity contribution is 5.81. The second-order valence-corrected chi connectivity index (χ2v) is 5.32. The van der Waals surface area contributed by atoms with Crippen LogP contribution in [0.4, 0.5) is 0 Å². The fourth-order valence-corrected chi connectivity index (χ4v) is 2.46. The molecule has 1 saturated carbocycles. The lowest BCUT2D eigenvalue weighted by Crippen LogP contribution is -2.28. The third-order valence-corrected chi connectivity index (χ3v) is 3.79. The summed E-state index contributed by atoms with van der Waals surface area (Å²) in [6.45, 7) is 3.92. The van der Waals surface area contributed by atoms with Gasteiger partial charge in [0, 0.05) is 6.08 Å². The van der Waals surface area contributed by atoms with Gasteiger partial charge in [-0.15, -0.1) is 0 Å². The first kappa shape index (κ1) is 18.2. The van der Waals surface area contributed by atoms with E-state index >= 15 is 0 Å². The summed E-state index contributed by atoms with van der Waals surface area (Å²) in [5.41, 5.74) is 0. The Labute approximate surface area is 130 Å². The molecule has 1 fully saturated rings. The van der Waals surface area contributed by atoms with Gasteiger partial charge in [0.05, 0.1) is 32.2 Å². The summed E-state index contributed by atoms with van der Waals surface area (Å²) in [5, 5.41) is 0. The summed E-state index contributed by atoms with van der Waals surface area (Å²) in [5.74, 6) is -1.06. The molecule has 0 N–H and O–H groups in total. The lowest BCUT2D eigenvalue weighted by Gasteiger charge is -2.25. The van der Waals surface area contributed by atoms with Crippen molar-refractivity contribution in [1.82, 2.24) is 0 Å². The second kappa shape index (κ2) is 9.97. The van der Waals surface area contributed by atoms with Crippen molar-refractivity contribution in [3.8, 4) is 0 Å². The van der Waals surface area contributed by atoms with E-state index in [0.717, 1.165) is 6.08 Å². The van der Waals surface area contributed by atoms with E-state index in [4.69, 9.17) is 14.2 Å². The Bertz CT molecular complexity index is 395. The fourth-order valence-electron chi connectivity index (χ4n) is 2.46. The molecule has 0 radical (unpaired) electrons. The van der Waals surface area contributed by atoms with Crippen LogP contribution in [0.1, 0.15) is 38.5 Å². The van der Waals surface area contributed by atoms with Crippen molar-refractivity contribution in [2.75, 3.05) is 20.3 Å². The minimum absolute atomic E-state index is 0.0893. The summed E-state index contributed by atoms with van der Waals surface area (Å²) in [7, 11) is 1.38. The molecule has 0 aromatic heterocycles. The largest absolute Gasteiger partial charge is 0.469 e. The Kier molecular flexibility index (Phi) is 8.25. The number of hydrogen-bond acceptors (Lipinski definition) is 6. The van der Waals surface area contributed by atoms with Crippen molar-refractivity contribution in [1.29, 1.82) is 0 Å². The van der Waals surface area contributed by atoms with Gasteiger partial charge in [0.15, 0.2) is 0 Å². The van der Waals surface area contributed by atoms with Gasteiger partial charge in [0.2, 0.25) is 0 Å². The Morgan fingerprint density at radius 1 is 0.955 bits per heavy atom. The molecule has 22 heavy (non-hydrogen) atoms. The number of esters is 3. The molecule has 0 saturated heterocycles. The third kappa shape index (κ3) is 6.28. The molecule has 0 spiro atoms. The van der Waals surface area contributed by atoms with Crippen LogP contribution in [-0.4, -0.2) is 38.2 Å². The highest BCUT2D eigenvalue weighted by Crippen LogP contribution is 2.30. The molecule has 0 aromatic rings. The molecule has 0 bridgehead atoms. The summed E-state index contributed by atoms with van der Waals surface area (Å²) >= 11 is 0. The van der Waals surface area contributed by atoms with Crippen molar-refractivity contribution >= 4 is 17.9 Å². The van der Waals surface area contributed by atoms with Gasteiger partial charge in [-0.2, -0.15) is 0 Å². The van der Waals surface area contributed by atoms with Crippen molar-refractivity contribution < 1.29 is 28.6 Å². The van der Waals surface area contributed by atoms with Crippen molar-refractivity contribution in [2.24, 2.45) is 11.8 Å². The number of ether oxygens (including phenoxy) is 3. The molecule has 1 rings (SSSR count). The average molecular weight is 312 g/mol. The van der Waals surface area contributed by atoms with Crippen LogP contribution < -0.4 is 0 Å². The zero-order chi connectivity index (χ0) is 16.4. The van der Waals surface area contributed by atoms with Crippen LogP contribution in [0.2, 0.25) is 0 Å². The fraction of sp³-hybridized carbons (Fsp3) is 0.688. The van der Waals surface area contributed by atoms with Crippen molar-refractivity contribution in [2.45, 2.75) is 38.5 Å². The first-order valence-corrected chi connectivity index (χ1v) is 7.62. The summed E-state index contributed by atoms with van der Waals surface area (Å²) in [4.78, 5) is 34.1.